The molecule has 1 saturated heterocycles. The van der Waals surface area contributed by atoms with Gasteiger partial charge in [-0.25, -0.2) is 4.79 Å². The molecule has 2 heterocycles. The van der Waals surface area contributed by atoms with Gasteiger partial charge < -0.3 is 19.3 Å². The molecule has 0 bridgehead atoms. The van der Waals surface area contributed by atoms with Crippen LogP contribution in [0.25, 0.3) is 0 Å². The third-order valence-corrected chi connectivity index (χ3v) is 4.21. The summed E-state index contributed by atoms with van der Waals surface area (Å²) in [6.07, 6.45) is 1.36. The Bertz CT molecular complexity index is 625. The van der Waals surface area contributed by atoms with Crippen LogP contribution in [0.3, 0.4) is 0 Å². The van der Waals surface area contributed by atoms with Gasteiger partial charge in [-0.05, 0) is 47.5 Å². The molecule has 1 fully saturated rings. The Morgan fingerprint density at radius 1 is 1.31 bits per heavy atom. The van der Waals surface area contributed by atoms with Gasteiger partial charge in [0.15, 0.2) is 0 Å². The number of anilines is 1. The van der Waals surface area contributed by atoms with Crippen molar-refractivity contribution in [2.45, 2.75) is 65.2 Å². The smallest absolute Gasteiger partial charge is 0.410 e. The summed E-state index contributed by atoms with van der Waals surface area (Å²) in [4.78, 5) is 24.6. The number of hydrogen-bond acceptors (Lipinski definition) is 6. The first kappa shape index (κ1) is 20.6. The van der Waals surface area contributed by atoms with Crippen LogP contribution in [0.1, 0.15) is 47.5 Å². The zero-order valence-electron chi connectivity index (χ0n) is 16.5. The van der Waals surface area contributed by atoms with Crippen molar-refractivity contribution in [2.75, 3.05) is 25.0 Å². The summed E-state index contributed by atoms with van der Waals surface area (Å²) < 4.78 is 11.0. The van der Waals surface area contributed by atoms with E-state index < -0.39 is 5.60 Å². The van der Waals surface area contributed by atoms with Crippen LogP contribution in [0.4, 0.5) is 10.6 Å². The van der Waals surface area contributed by atoms with Gasteiger partial charge in [0.25, 0.3) is 0 Å². The van der Waals surface area contributed by atoms with Gasteiger partial charge >= 0.3 is 12.1 Å². The van der Waals surface area contributed by atoms with Gasteiger partial charge in [0.1, 0.15) is 16.6 Å². The van der Waals surface area contributed by atoms with Gasteiger partial charge in [0.05, 0.1) is 6.10 Å². The molecule has 8 heteroatoms. The predicted molar refractivity (Wildman–Crippen MR) is 102 cm³/mol. The van der Waals surface area contributed by atoms with Gasteiger partial charge in [-0.3, -0.25) is 0 Å². The fourth-order valence-electron chi connectivity index (χ4n) is 2.78. The average Bonchev–Trinajstić information content (AvgIpc) is 2.51. The molecular formula is C18H29ClN4O3. The van der Waals surface area contributed by atoms with Crippen molar-refractivity contribution in [2.24, 2.45) is 0 Å². The van der Waals surface area contributed by atoms with Gasteiger partial charge in [0, 0.05) is 32.2 Å². The van der Waals surface area contributed by atoms with Crippen LogP contribution in [-0.4, -0.2) is 58.8 Å². The minimum Gasteiger partial charge on any atom is -0.461 e. The molecule has 0 atom stereocenters. The Morgan fingerprint density at radius 3 is 2.46 bits per heavy atom. The standard InChI is InChI=1S/C18H29ClN4O3/c1-12(2)25-16-20-14(19)11-15(21-16)23-9-7-13(8-10-23)22(6)17(24)26-18(3,4)5/h11-13H,7-10H2,1-6H3. The van der Waals surface area contributed by atoms with Crippen molar-refractivity contribution < 1.29 is 14.3 Å². The Balaban J connectivity index is 1.98. The van der Waals surface area contributed by atoms with Crippen LogP contribution in [0.5, 0.6) is 6.01 Å². The number of amides is 1. The summed E-state index contributed by atoms with van der Waals surface area (Å²) >= 11 is 6.11. The highest BCUT2D eigenvalue weighted by molar-refractivity contribution is 6.29. The summed E-state index contributed by atoms with van der Waals surface area (Å²) in [5.74, 6) is 0.749. The minimum atomic E-state index is -0.490. The van der Waals surface area contributed by atoms with Crippen LogP contribution in [0, 0.1) is 0 Å². The fraction of sp³-hybridized carbons (Fsp3) is 0.722. The first-order valence-corrected chi connectivity index (χ1v) is 9.35. The second-order valence-electron chi connectivity index (χ2n) is 7.81. The number of carbonyl (C=O) groups is 1. The lowest BCUT2D eigenvalue weighted by molar-refractivity contribution is 0.0201. The molecule has 1 amide bonds. The summed E-state index contributed by atoms with van der Waals surface area (Å²) in [5, 5.41) is 0.360. The van der Waals surface area contributed by atoms with E-state index in [1.807, 2.05) is 34.6 Å². The van der Waals surface area contributed by atoms with E-state index in [1.165, 1.54) is 0 Å². The zero-order valence-corrected chi connectivity index (χ0v) is 17.2. The van der Waals surface area contributed by atoms with E-state index in [2.05, 4.69) is 14.9 Å². The molecule has 1 aromatic heterocycles. The summed E-state index contributed by atoms with van der Waals surface area (Å²) in [7, 11) is 1.80. The molecule has 0 aromatic carbocycles. The van der Waals surface area contributed by atoms with E-state index in [1.54, 1.807) is 18.0 Å². The van der Waals surface area contributed by atoms with Gasteiger partial charge in [-0.2, -0.15) is 9.97 Å². The maximum atomic E-state index is 12.2. The maximum absolute atomic E-state index is 12.2. The Labute approximate surface area is 160 Å². The molecule has 2 rings (SSSR count). The highest BCUT2D eigenvalue weighted by Crippen LogP contribution is 2.25. The van der Waals surface area contributed by atoms with E-state index in [4.69, 9.17) is 21.1 Å². The number of rotatable bonds is 4. The van der Waals surface area contributed by atoms with Crippen LogP contribution < -0.4 is 9.64 Å². The molecule has 0 aliphatic carbocycles. The first-order chi connectivity index (χ1) is 12.0. The Kier molecular flexibility index (Phi) is 6.55. The van der Waals surface area contributed by atoms with E-state index in [9.17, 15) is 4.79 Å². The van der Waals surface area contributed by atoms with Gasteiger partial charge in [-0.15, -0.1) is 0 Å². The van der Waals surface area contributed by atoms with Crippen LogP contribution in [0.2, 0.25) is 5.15 Å². The lowest BCUT2D eigenvalue weighted by Gasteiger charge is -2.37. The molecule has 0 N–H and O–H groups in total. The largest absolute Gasteiger partial charge is 0.461 e. The van der Waals surface area contributed by atoms with Gasteiger partial charge in [-0.1, -0.05) is 11.6 Å². The Morgan fingerprint density at radius 2 is 1.92 bits per heavy atom. The number of nitrogens with zero attached hydrogens (tertiary/aromatic N) is 4. The molecule has 0 saturated carbocycles. The molecule has 1 aliphatic heterocycles. The van der Waals surface area contributed by atoms with Crippen LogP contribution >= 0.6 is 11.6 Å². The normalized spacial score (nSPS) is 15.9. The van der Waals surface area contributed by atoms with E-state index in [0.29, 0.717) is 5.15 Å². The van der Waals surface area contributed by atoms with E-state index in [-0.39, 0.29) is 24.2 Å². The molecule has 26 heavy (non-hydrogen) atoms. The first-order valence-electron chi connectivity index (χ1n) is 8.97. The monoisotopic (exact) mass is 384 g/mol. The van der Waals surface area contributed by atoms with Crippen molar-refractivity contribution in [3.63, 3.8) is 0 Å². The fourth-order valence-corrected chi connectivity index (χ4v) is 2.95. The number of piperidine rings is 1. The molecule has 1 aliphatic rings. The van der Waals surface area contributed by atoms with Crippen molar-refractivity contribution in [3.8, 4) is 6.01 Å². The van der Waals surface area contributed by atoms with Crippen molar-refractivity contribution in [1.29, 1.82) is 0 Å². The zero-order chi connectivity index (χ0) is 19.5. The molecule has 146 valence electrons. The number of carbonyl (C=O) groups excluding carboxylic acids is 1. The minimum absolute atomic E-state index is 0.0190. The molecule has 0 radical (unpaired) electrons. The third kappa shape index (κ3) is 5.90. The third-order valence-electron chi connectivity index (χ3n) is 4.02. The average molecular weight is 385 g/mol. The molecule has 0 spiro atoms. The topological polar surface area (TPSA) is 67.8 Å². The second kappa shape index (κ2) is 8.29. The highest BCUT2D eigenvalue weighted by atomic mass is 35.5. The molecule has 0 unspecified atom stereocenters. The van der Waals surface area contributed by atoms with Crippen molar-refractivity contribution >= 4 is 23.5 Å². The van der Waals surface area contributed by atoms with E-state index in [0.717, 1.165) is 31.7 Å². The number of aromatic nitrogens is 2. The van der Waals surface area contributed by atoms with Crippen molar-refractivity contribution in [3.05, 3.63) is 11.2 Å². The van der Waals surface area contributed by atoms with E-state index >= 15 is 0 Å². The summed E-state index contributed by atoms with van der Waals surface area (Å²) in [5.41, 5.74) is -0.490. The molecular weight excluding hydrogens is 356 g/mol. The predicted octanol–water partition coefficient (Wildman–Crippen LogP) is 3.75. The number of ether oxygens (including phenoxy) is 2. The lowest BCUT2D eigenvalue weighted by atomic mass is 10.0. The van der Waals surface area contributed by atoms with Crippen LogP contribution in [-0.2, 0) is 4.74 Å². The summed E-state index contributed by atoms with van der Waals surface area (Å²) in [6, 6.07) is 2.17. The van der Waals surface area contributed by atoms with Gasteiger partial charge in [0.2, 0.25) is 0 Å². The molecule has 7 nitrogen and oxygen atoms in total. The molecule has 1 aromatic rings. The number of hydrogen-bond donors (Lipinski definition) is 0. The summed E-state index contributed by atoms with van der Waals surface area (Å²) in [6.45, 7) is 11.0. The lowest BCUT2D eigenvalue weighted by Crippen LogP contribution is -2.47. The maximum Gasteiger partial charge on any atom is 0.410 e. The SMILES string of the molecule is CC(C)Oc1nc(Cl)cc(N2CCC(N(C)C(=O)OC(C)(C)C)CC2)n1. The second-order valence-corrected chi connectivity index (χ2v) is 8.19. The van der Waals surface area contributed by atoms with Crippen molar-refractivity contribution in [1.82, 2.24) is 14.9 Å². The quantitative estimate of drug-likeness (QED) is 0.736. The van der Waals surface area contributed by atoms with Crippen LogP contribution in [0.15, 0.2) is 6.07 Å². The highest BCUT2D eigenvalue weighted by Gasteiger charge is 2.29. The Hall–Kier alpha value is -1.76. The number of halogens is 1.